The number of aromatic nitrogens is 3. The predicted molar refractivity (Wildman–Crippen MR) is 84.0 cm³/mol. The molecule has 7 nitrogen and oxygen atoms in total. The lowest BCUT2D eigenvalue weighted by Gasteiger charge is -2.33. The molecule has 1 atom stereocenters. The van der Waals surface area contributed by atoms with Gasteiger partial charge in [0.1, 0.15) is 5.69 Å². The van der Waals surface area contributed by atoms with Crippen molar-refractivity contribution in [2.24, 2.45) is 0 Å². The fourth-order valence-corrected chi connectivity index (χ4v) is 2.83. The average molecular weight is 313 g/mol. The zero-order valence-electron chi connectivity index (χ0n) is 13.0. The summed E-state index contributed by atoms with van der Waals surface area (Å²) in [6.45, 7) is 1.40. The van der Waals surface area contributed by atoms with Gasteiger partial charge in [-0.3, -0.25) is 14.6 Å². The SMILES string of the molecule is CNC(=O)c1ccc(C(=O)N2CCC[C@@H](n3ccnc3)C2)cn1. The molecule has 1 saturated heterocycles. The van der Waals surface area contributed by atoms with E-state index in [1.54, 1.807) is 31.7 Å². The summed E-state index contributed by atoms with van der Waals surface area (Å²) in [6.07, 6.45) is 8.93. The number of piperidine rings is 1. The molecule has 0 saturated carbocycles. The minimum Gasteiger partial charge on any atom is -0.354 e. The first kappa shape index (κ1) is 15.2. The molecule has 1 fully saturated rings. The van der Waals surface area contributed by atoms with Gasteiger partial charge in [-0.05, 0) is 25.0 Å². The van der Waals surface area contributed by atoms with E-state index in [2.05, 4.69) is 15.3 Å². The predicted octanol–water partition coefficient (Wildman–Crippen LogP) is 1.12. The summed E-state index contributed by atoms with van der Waals surface area (Å²) in [5, 5.41) is 2.51. The van der Waals surface area contributed by atoms with Gasteiger partial charge in [0.15, 0.2) is 0 Å². The van der Waals surface area contributed by atoms with Crippen molar-refractivity contribution in [2.45, 2.75) is 18.9 Å². The molecular formula is C16H19N5O2. The largest absolute Gasteiger partial charge is 0.354 e. The van der Waals surface area contributed by atoms with Crippen LogP contribution in [0, 0.1) is 0 Å². The number of hydrogen-bond acceptors (Lipinski definition) is 4. The van der Waals surface area contributed by atoms with E-state index in [1.165, 1.54) is 6.20 Å². The van der Waals surface area contributed by atoms with Crippen molar-refractivity contribution in [1.29, 1.82) is 0 Å². The Bertz CT molecular complexity index is 681. The van der Waals surface area contributed by atoms with Gasteiger partial charge in [-0.15, -0.1) is 0 Å². The molecule has 3 rings (SSSR count). The Hall–Kier alpha value is -2.70. The van der Waals surface area contributed by atoms with Gasteiger partial charge in [0.25, 0.3) is 11.8 Å². The Morgan fingerprint density at radius 1 is 1.35 bits per heavy atom. The number of carbonyl (C=O) groups excluding carboxylic acids is 2. The van der Waals surface area contributed by atoms with E-state index in [0.717, 1.165) is 19.4 Å². The van der Waals surface area contributed by atoms with Crippen molar-refractivity contribution in [3.05, 3.63) is 48.3 Å². The van der Waals surface area contributed by atoms with E-state index >= 15 is 0 Å². The van der Waals surface area contributed by atoms with Gasteiger partial charge in [-0.25, -0.2) is 4.98 Å². The molecule has 1 N–H and O–H groups in total. The first-order valence-corrected chi connectivity index (χ1v) is 7.64. The van der Waals surface area contributed by atoms with Crippen LogP contribution >= 0.6 is 0 Å². The molecule has 0 spiro atoms. The van der Waals surface area contributed by atoms with Crippen LogP contribution in [-0.4, -0.2) is 51.4 Å². The van der Waals surface area contributed by atoms with Crippen molar-refractivity contribution in [1.82, 2.24) is 24.8 Å². The molecule has 0 bridgehead atoms. The lowest BCUT2D eigenvalue weighted by Crippen LogP contribution is -2.40. The summed E-state index contributed by atoms with van der Waals surface area (Å²) >= 11 is 0. The number of rotatable bonds is 3. The van der Waals surface area contributed by atoms with Crippen molar-refractivity contribution in [2.75, 3.05) is 20.1 Å². The van der Waals surface area contributed by atoms with Crippen molar-refractivity contribution >= 4 is 11.8 Å². The van der Waals surface area contributed by atoms with Gasteiger partial charge in [-0.2, -0.15) is 0 Å². The van der Waals surface area contributed by atoms with Gasteiger partial charge in [0, 0.05) is 38.7 Å². The van der Waals surface area contributed by atoms with Crippen LogP contribution in [0.4, 0.5) is 0 Å². The smallest absolute Gasteiger partial charge is 0.269 e. The molecule has 1 aliphatic rings. The molecule has 23 heavy (non-hydrogen) atoms. The van der Waals surface area contributed by atoms with E-state index in [4.69, 9.17) is 0 Å². The monoisotopic (exact) mass is 313 g/mol. The quantitative estimate of drug-likeness (QED) is 0.920. The van der Waals surface area contributed by atoms with Crippen molar-refractivity contribution in [3.63, 3.8) is 0 Å². The van der Waals surface area contributed by atoms with Crippen LogP contribution in [0.15, 0.2) is 37.1 Å². The normalized spacial score (nSPS) is 17.8. The fourth-order valence-electron chi connectivity index (χ4n) is 2.83. The Morgan fingerprint density at radius 3 is 2.87 bits per heavy atom. The third kappa shape index (κ3) is 3.23. The highest BCUT2D eigenvalue weighted by Gasteiger charge is 2.25. The number of carbonyl (C=O) groups is 2. The molecule has 0 radical (unpaired) electrons. The number of nitrogens with zero attached hydrogens (tertiary/aromatic N) is 4. The lowest BCUT2D eigenvalue weighted by atomic mass is 10.0. The van der Waals surface area contributed by atoms with Crippen LogP contribution < -0.4 is 5.32 Å². The van der Waals surface area contributed by atoms with Crippen LogP contribution in [0.2, 0.25) is 0 Å². The Kier molecular flexibility index (Phi) is 4.36. The second-order valence-electron chi connectivity index (χ2n) is 5.57. The van der Waals surface area contributed by atoms with Crippen LogP contribution in [0.25, 0.3) is 0 Å². The van der Waals surface area contributed by atoms with Crippen LogP contribution in [-0.2, 0) is 0 Å². The minimum absolute atomic E-state index is 0.0502. The molecular weight excluding hydrogens is 294 g/mol. The molecule has 0 aromatic carbocycles. The maximum atomic E-state index is 12.6. The number of nitrogens with one attached hydrogen (secondary N) is 1. The molecule has 2 amide bonds. The Balaban J connectivity index is 1.71. The lowest BCUT2D eigenvalue weighted by molar-refractivity contribution is 0.0678. The first-order valence-electron chi connectivity index (χ1n) is 7.64. The number of imidazole rings is 1. The number of amides is 2. The molecule has 1 aliphatic heterocycles. The fraction of sp³-hybridized carbons (Fsp3) is 0.375. The van der Waals surface area contributed by atoms with E-state index in [1.807, 2.05) is 15.7 Å². The molecule has 3 heterocycles. The topological polar surface area (TPSA) is 80.1 Å². The third-order valence-electron chi connectivity index (χ3n) is 4.10. The van der Waals surface area contributed by atoms with Crippen molar-refractivity contribution < 1.29 is 9.59 Å². The molecule has 7 heteroatoms. The molecule has 0 unspecified atom stereocenters. The van der Waals surface area contributed by atoms with Crippen LogP contribution in [0.1, 0.15) is 39.7 Å². The Morgan fingerprint density at radius 2 is 2.22 bits per heavy atom. The average Bonchev–Trinajstić information content (AvgIpc) is 3.15. The summed E-state index contributed by atoms with van der Waals surface area (Å²) < 4.78 is 2.05. The van der Waals surface area contributed by atoms with E-state index in [-0.39, 0.29) is 17.9 Å². The highest BCUT2D eigenvalue weighted by atomic mass is 16.2. The second kappa shape index (κ2) is 6.60. The summed E-state index contributed by atoms with van der Waals surface area (Å²) in [6, 6.07) is 3.48. The summed E-state index contributed by atoms with van der Waals surface area (Å²) in [5.74, 6) is -0.312. The molecule has 2 aromatic heterocycles. The minimum atomic E-state index is -0.262. The molecule has 0 aliphatic carbocycles. The highest BCUT2D eigenvalue weighted by molar-refractivity contribution is 5.96. The van der Waals surface area contributed by atoms with Crippen LogP contribution in [0.3, 0.4) is 0 Å². The summed E-state index contributed by atoms with van der Waals surface area (Å²) in [5.41, 5.74) is 0.808. The number of likely N-dealkylation sites (tertiary alicyclic amines) is 1. The maximum absolute atomic E-state index is 12.6. The van der Waals surface area contributed by atoms with E-state index < -0.39 is 0 Å². The van der Waals surface area contributed by atoms with Gasteiger partial charge in [-0.1, -0.05) is 0 Å². The zero-order chi connectivity index (χ0) is 16.2. The first-order chi connectivity index (χ1) is 11.2. The van der Waals surface area contributed by atoms with E-state index in [0.29, 0.717) is 17.8 Å². The molecule has 120 valence electrons. The van der Waals surface area contributed by atoms with Crippen molar-refractivity contribution in [3.8, 4) is 0 Å². The highest BCUT2D eigenvalue weighted by Crippen LogP contribution is 2.22. The zero-order valence-corrected chi connectivity index (χ0v) is 13.0. The summed E-state index contributed by atoms with van der Waals surface area (Å²) in [7, 11) is 1.55. The maximum Gasteiger partial charge on any atom is 0.269 e. The van der Waals surface area contributed by atoms with Crippen LogP contribution in [0.5, 0.6) is 0 Å². The summed E-state index contributed by atoms with van der Waals surface area (Å²) in [4.78, 5) is 34.1. The number of hydrogen-bond donors (Lipinski definition) is 1. The Labute approximate surface area is 134 Å². The second-order valence-corrected chi connectivity index (χ2v) is 5.57. The third-order valence-corrected chi connectivity index (χ3v) is 4.10. The van der Waals surface area contributed by atoms with Gasteiger partial charge in [0.2, 0.25) is 0 Å². The van der Waals surface area contributed by atoms with Gasteiger partial charge >= 0.3 is 0 Å². The van der Waals surface area contributed by atoms with Gasteiger partial charge < -0.3 is 14.8 Å². The van der Waals surface area contributed by atoms with Gasteiger partial charge in [0.05, 0.1) is 17.9 Å². The van der Waals surface area contributed by atoms with E-state index in [9.17, 15) is 9.59 Å². The standard InChI is InChI=1S/C16H19N5O2/c1-17-15(22)14-5-4-12(9-19-14)16(23)20-7-2-3-13(10-20)21-8-6-18-11-21/h4-6,8-9,11,13H,2-3,7,10H2,1H3,(H,17,22)/t13-/m1/s1. The number of pyridine rings is 1. The molecule has 2 aromatic rings.